The largest absolute Gasteiger partial charge is 0.493 e. The molecule has 10 nitrogen and oxygen atoms in total. The molecule has 4 aromatic rings. The second-order valence-corrected chi connectivity index (χ2v) is 9.92. The summed E-state index contributed by atoms with van der Waals surface area (Å²) in [6.07, 6.45) is 8.03. The maximum Gasteiger partial charge on any atom is 0.305 e. The number of pyridine rings is 2. The molecule has 1 unspecified atom stereocenters. The number of aliphatic carboxylic acids is 1. The number of carboxylic acids is 1. The van der Waals surface area contributed by atoms with Crippen molar-refractivity contribution in [3.8, 4) is 5.75 Å². The van der Waals surface area contributed by atoms with Crippen LogP contribution in [0.3, 0.4) is 0 Å². The lowest BCUT2D eigenvalue weighted by Crippen LogP contribution is -2.36. The number of benzene rings is 1. The minimum Gasteiger partial charge on any atom is -0.493 e. The van der Waals surface area contributed by atoms with Crippen LogP contribution >= 0.6 is 0 Å². The topological polar surface area (TPSA) is 115 Å². The fourth-order valence-electron chi connectivity index (χ4n) is 5.29. The Bertz CT molecular complexity index is 1470. The zero-order chi connectivity index (χ0) is 26.6. The summed E-state index contributed by atoms with van der Waals surface area (Å²) >= 11 is 0. The third kappa shape index (κ3) is 5.65. The molecule has 0 bridgehead atoms. The van der Waals surface area contributed by atoms with Crippen LogP contribution in [0.25, 0.3) is 10.9 Å². The van der Waals surface area contributed by atoms with Gasteiger partial charge in [0.25, 0.3) is 0 Å². The second-order valence-electron chi connectivity index (χ2n) is 9.92. The van der Waals surface area contributed by atoms with Crippen molar-refractivity contribution in [2.75, 3.05) is 49.7 Å². The molecule has 1 aromatic carbocycles. The van der Waals surface area contributed by atoms with Crippen LogP contribution in [-0.4, -0.2) is 70.3 Å². The van der Waals surface area contributed by atoms with E-state index in [1.165, 1.54) is 0 Å². The van der Waals surface area contributed by atoms with Crippen molar-refractivity contribution in [1.82, 2.24) is 19.7 Å². The lowest BCUT2D eigenvalue weighted by Gasteiger charge is -2.29. The average molecular weight is 529 g/mol. The third-order valence-corrected chi connectivity index (χ3v) is 7.30. The van der Waals surface area contributed by atoms with Gasteiger partial charge in [-0.3, -0.25) is 19.4 Å². The maximum absolute atomic E-state index is 11.9. The first kappa shape index (κ1) is 25.1. The number of carboxylic acid groups (broad SMARTS) is 1. The number of aromatic nitrogens is 4. The Morgan fingerprint density at radius 1 is 1.13 bits per heavy atom. The Hall–Kier alpha value is -4.18. The fourth-order valence-corrected chi connectivity index (χ4v) is 5.29. The minimum absolute atomic E-state index is 0.105. The minimum atomic E-state index is -0.896. The maximum atomic E-state index is 11.9. The number of nitrogens with zero attached hydrogens (tertiary/aromatic N) is 5. The number of rotatable bonds is 9. The van der Waals surface area contributed by atoms with E-state index in [0.717, 1.165) is 83.9 Å². The van der Waals surface area contributed by atoms with Gasteiger partial charge in [0.05, 0.1) is 67.3 Å². The quantitative estimate of drug-likeness (QED) is 0.336. The van der Waals surface area contributed by atoms with Gasteiger partial charge in [0.2, 0.25) is 0 Å². The van der Waals surface area contributed by atoms with E-state index in [0.29, 0.717) is 19.8 Å². The molecule has 0 radical (unpaired) electrons. The van der Waals surface area contributed by atoms with E-state index in [1.54, 1.807) is 17.1 Å². The molecule has 39 heavy (non-hydrogen) atoms. The molecule has 0 aliphatic carbocycles. The molecule has 2 aliphatic rings. The van der Waals surface area contributed by atoms with Gasteiger partial charge in [-0.2, -0.15) is 5.10 Å². The van der Waals surface area contributed by atoms with Gasteiger partial charge >= 0.3 is 5.97 Å². The van der Waals surface area contributed by atoms with Crippen molar-refractivity contribution in [2.24, 2.45) is 0 Å². The molecule has 10 heteroatoms. The van der Waals surface area contributed by atoms with E-state index < -0.39 is 12.0 Å². The van der Waals surface area contributed by atoms with Crippen molar-refractivity contribution >= 4 is 28.2 Å². The van der Waals surface area contributed by atoms with E-state index in [2.05, 4.69) is 32.4 Å². The Balaban J connectivity index is 1.18. The summed E-state index contributed by atoms with van der Waals surface area (Å²) in [5, 5.41) is 18.6. The number of anilines is 2. The van der Waals surface area contributed by atoms with Crippen LogP contribution in [0.4, 0.5) is 11.4 Å². The standard InChI is InChI=1S/C29H32N6O4/c36-29(37)16-28(20-14-23(19-30-17-20)34-9-12-38-13-10-34)35-27-6-4-24(15-21(27)18-32-35)39-11-7-22-3-5-25-26(33-22)2-1-8-31-25/h3-6,14-15,17-19,28,31H,1-2,7-13,16H2,(H,36,37). The Morgan fingerprint density at radius 3 is 2.90 bits per heavy atom. The Labute approximate surface area is 226 Å². The number of fused-ring (bicyclic) bond motifs is 2. The number of hydrogen-bond donors (Lipinski definition) is 2. The second kappa shape index (κ2) is 11.3. The van der Waals surface area contributed by atoms with Crippen LogP contribution in [0.2, 0.25) is 0 Å². The first-order valence-electron chi connectivity index (χ1n) is 13.5. The number of ether oxygens (including phenoxy) is 2. The molecular formula is C29H32N6O4. The van der Waals surface area contributed by atoms with Crippen molar-refractivity contribution in [2.45, 2.75) is 31.7 Å². The van der Waals surface area contributed by atoms with Crippen molar-refractivity contribution < 1.29 is 19.4 Å². The summed E-state index contributed by atoms with van der Waals surface area (Å²) in [5.74, 6) is -0.153. The van der Waals surface area contributed by atoms with Crippen LogP contribution in [0.5, 0.6) is 5.75 Å². The van der Waals surface area contributed by atoms with Crippen LogP contribution in [-0.2, 0) is 22.4 Å². The molecule has 0 amide bonds. The molecule has 1 saturated heterocycles. The van der Waals surface area contributed by atoms with Gasteiger partial charge in [0.1, 0.15) is 5.75 Å². The van der Waals surface area contributed by atoms with E-state index in [-0.39, 0.29) is 6.42 Å². The van der Waals surface area contributed by atoms with Gasteiger partial charge < -0.3 is 24.8 Å². The summed E-state index contributed by atoms with van der Waals surface area (Å²) in [7, 11) is 0. The van der Waals surface area contributed by atoms with Crippen LogP contribution < -0.4 is 15.0 Å². The molecule has 6 rings (SSSR count). The lowest BCUT2D eigenvalue weighted by atomic mass is 10.0. The van der Waals surface area contributed by atoms with Gasteiger partial charge in [-0.15, -0.1) is 0 Å². The van der Waals surface area contributed by atoms with Gasteiger partial charge in [0.15, 0.2) is 0 Å². The van der Waals surface area contributed by atoms with Gasteiger partial charge in [-0.1, -0.05) is 0 Å². The number of carbonyl (C=O) groups is 1. The molecule has 0 spiro atoms. The smallest absolute Gasteiger partial charge is 0.305 e. The SMILES string of the molecule is O=C(O)CC(c1cncc(N2CCOCC2)c1)n1ncc2cc(OCCc3ccc4c(n3)CCCN4)ccc21. The first-order chi connectivity index (χ1) is 19.1. The highest BCUT2D eigenvalue weighted by atomic mass is 16.5. The number of nitrogens with one attached hydrogen (secondary N) is 1. The Morgan fingerprint density at radius 2 is 2.03 bits per heavy atom. The van der Waals surface area contributed by atoms with E-state index in [1.807, 2.05) is 30.5 Å². The van der Waals surface area contributed by atoms with Gasteiger partial charge in [-0.05, 0) is 54.8 Å². The van der Waals surface area contributed by atoms with Crippen LogP contribution in [0, 0.1) is 0 Å². The summed E-state index contributed by atoms with van der Waals surface area (Å²) in [6, 6.07) is 11.5. The van der Waals surface area contributed by atoms with Gasteiger partial charge in [0, 0.05) is 43.3 Å². The molecule has 0 saturated carbocycles. The van der Waals surface area contributed by atoms with Crippen molar-refractivity contribution in [1.29, 1.82) is 0 Å². The first-order valence-corrected chi connectivity index (χ1v) is 13.5. The number of morpholine rings is 1. The number of hydrogen-bond acceptors (Lipinski definition) is 8. The van der Waals surface area contributed by atoms with E-state index in [9.17, 15) is 9.90 Å². The highest BCUT2D eigenvalue weighted by Crippen LogP contribution is 2.30. The molecule has 1 atom stereocenters. The summed E-state index contributed by atoms with van der Waals surface area (Å²) in [4.78, 5) is 23.3. The zero-order valence-electron chi connectivity index (χ0n) is 21.8. The van der Waals surface area contributed by atoms with E-state index >= 15 is 0 Å². The Kier molecular flexibility index (Phi) is 7.27. The van der Waals surface area contributed by atoms with Crippen LogP contribution in [0.15, 0.2) is 55.0 Å². The fraction of sp³-hybridized carbons (Fsp3) is 0.379. The summed E-state index contributed by atoms with van der Waals surface area (Å²) in [6.45, 7) is 4.41. The molecule has 2 N–H and O–H groups in total. The predicted octanol–water partition coefficient (Wildman–Crippen LogP) is 3.71. The average Bonchev–Trinajstić information content (AvgIpc) is 3.39. The third-order valence-electron chi connectivity index (χ3n) is 7.30. The molecule has 3 aromatic heterocycles. The normalized spacial score (nSPS) is 15.9. The number of aryl methyl sites for hydroxylation is 1. The van der Waals surface area contributed by atoms with E-state index in [4.69, 9.17) is 14.5 Å². The highest BCUT2D eigenvalue weighted by Gasteiger charge is 2.23. The summed E-state index contributed by atoms with van der Waals surface area (Å²) in [5.41, 5.74) is 5.90. The van der Waals surface area contributed by atoms with Crippen molar-refractivity contribution in [3.05, 3.63) is 71.9 Å². The molecule has 5 heterocycles. The molecular weight excluding hydrogens is 496 g/mol. The summed E-state index contributed by atoms with van der Waals surface area (Å²) < 4.78 is 13.3. The van der Waals surface area contributed by atoms with Crippen molar-refractivity contribution in [3.63, 3.8) is 0 Å². The monoisotopic (exact) mass is 528 g/mol. The molecule has 1 fully saturated rings. The zero-order valence-corrected chi connectivity index (χ0v) is 21.8. The molecule has 202 valence electrons. The lowest BCUT2D eigenvalue weighted by molar-refractivity contribution is -0.137. The molecule has 2 aliphatic heterocycles. The predicted molar refractivity (Wildman–Crippen MR) is 148 cm³/mol. The highest BCUT2D eigenvalue weighted by molar-refractivity contribution is 5.81. The van der Waals surface area contributed by atoms with Crippen LogP contribution in [0.1, 0.15) is 35.8 Å². The van der Waals surface area contributed by atoms with Gasteiger partial charge in [-0.25, -0.2) is 0 Å².